The van der Waals surface area contributed by atoms with Crippen LogP contribution >= 0.6 is 0 Å². The van der Waals surface area contributed by atoms with E-state index in [0.29, 0.717) is 12.2 Å². The lowest BCUT2D eigenvalue weighted by Gasteiger charge is -2.08. The van der Waals surface area contributed by atoms with Gasteiger partial charge in [-0.05, 0) is 18.2 Å². The predicted octanol–water partition coefficient (Wildman–Crippen LogP) is 1.39. The number of nitrogens with two attached hydrogens (primary N) is 1. The molecule has 2 rings (SSSR count). The number of furan rings is 1. The number of hydrogen-bond acceptors (Lipinski definition) is 5. The summed E-state index contributed by atoms with van der Waals surface area (Å²) in [7, 11) is 1.44. The Balaban J connectivity index is 2.14. The van der Waals surface area contributed by atoms with Crippen molar-refractivity contribution in [2.75, 3.05) is 12.4 Å². The standard InChI is InChI=1S/C12H13N3O3/c1-17-12-10(11(13)16)5-8(6-15-12)14-7-9-3-2-4-18-9/h2-6,14H,7H2,1H3,(H2,13,16). The molecule has 0 radical (unpaired) electrons. The van der Waals surface area contributed by atoms with E-state index >= 15 is 0 Å². The van der Waals surface area contributed by atoms with Gasteiger partial charge in [0, 0.05) is 0 Å². The summed E-state index contributed by atoms with van der Waals surface area (Å²) >= 11 is 0. The topological polar surface area (TPSA) is 90.4 Å². The number of nitrogens with zero attached hydrogens (tertiary/aromatic N) is 1. The number of nitrogens with one attached hydrogen (secondary N) is 1. The summed E-state index contributed by atoms with van der Waals surface area (Å²) in [6.45, 7) is 0.499. The highest BCUT2D eigenvalue weighted by Crippen LogP contribution is 2.19. The molecular weight excluding hydrogens is 234 g/mol. The predicted molar refractivity (Wildman–Crippen MR) is 65.3 cm³/mol. The van der Waals surface area contributed by atoms with Crippen molar-refractivity contribution in [3.8, 4) is 5.88 Å². The van der Waals surface area contributed by atoms with Gasteiger partial charge in [-0.3, -0.25) is 4.79 Å². The molecule has 1 amide bonds. The number of carbonyl (C=O) groups excluding carboxylic acids is 1. The first-order valence-electron chi connectivity index (χ1n) is 5.31. The molecule has 0 bridgehead atoms. The minimum atomic E-state index is -0.582. The van der Waals surface area contributed by atoms with Gasteiger partial charge in [-0.2, -0.15) is 0 Å². The Morgan fingerprint density at radius 3 is 3.06 bits per heavy atom. The van der Waals surface area contributed by atoms with E-state index in [0.717, 1.165) is 5.76 Å². The number of anilines is 1. The average molecular weight is 247 g/mol. The number of amides is 1. The van der Waals surface area contributed by atoms with Crippen molar-refractivity contribution in [3.05, 3.63) is 42.0 Å². The van der Waals surface area contributed by atoms with Crippen LogP contribution in [0.25, 0.3) is 0 Å². The summed E-state index contributed by atoms with van der Waals surface area (Å²) in [5.41, 5.74) is 6.15. The molecule has 0 saturated heterocycles. The van der Waals surface area contributed by atoms with Crippen molar-refractivity contribution >= 4 is 11.6 Å². The van der Waals surface area contributed by atoms with Gasteiger partial charge in [0.2, 0.25) is 5.88 Å². The SMILES string of the molecule is COc1ncc(NCc2ccco2)cc1C(N)=O. The Labute approximate surface area is 104 Å². The van der Waals surface area contributed by atoms with Crippen LogP contribution in [0.4, 0.5) is 5.69 Å². The number of methoxy groups -OCH3 is 1. The van der Waals surface area contributed by atoms with Crippen LogP contribution in [0, 0.1) is 0 Å². The summed E-state index contributed by atoms with van der Waals surface area (Å²) in [6, 6.07) is 5.24. The van der Waals surface area contributed by atoms with Crippen molar-refractivity contribution in [3.63, 3.8) is 0 Å². The summed E-state index contributed by atoms with van der Waals surface area (Å²) < 4.78 is 10.1. The van der Waals surface area contributed by atoms with Gasteiger partial charge < -0.3 is 20.2 Å². The first-order valence-corrected chi connectivity index (χ1v) is 5.31. The second kappa shape index (κ2) is 5.22. The first kappa shape index (κ1) is 12.0. The molecule has 2 aromatic rings. The molecule has 0 aliphatic heterocycles. The maximum Gasteiger partial charge on any atom is 0.254 e. The zero-order chi connectivity index (χ0) is 13.0. The van der Waals surface area contributed by atoms with E-state index < -0.39 is 5.91 Å². The van der Waals surface area contributed by atoms with E-state index in [9.17, 15) is 4.79 Å². The van der Waals surface area contributed by atoms with Crippen LogP contribution < -0.4 is 15.8 Å². The van der Waals surface area contributed by atoms with Gasteiger partial charge in [0.1, 0.15) is 11.3 Å². The molecule has 18 heavy (non-hydrogen) atoms. The maximum absolute atomic E-state index is 11.2. The van der Waals surface area contributed by atoms with Gasteiger partial charge in [-0.25, -0.2) is 4.98 Å². The smallest absolute Gasteiger partial charge is 0.254 e. The van der Waals surface area contributed by atoms with Crippen LogP contribution in [-0.2, 0) is 6.54 Å². The summed E-state index contributed by atoms with van der Waals surface area (Å²) in [5.74, 6) is 0.415. The summed E-state index contributed by atoms with van der Waals surface area (Å²) in [5, 5.41) is 3.07. The molecule has 6 heteroatoms. The molecule has 3 N–H and O–H groups in total. The van der Waals surface area contributed by atoms with Gasteiger partial charge >= 0.3 is 0 Å². The minimum Gasteiger partial charge on any atom is -0.480 e. The number of carbonyl (C=O) groups is 1. The van der Waals surface area contributed by atoms with Gasteiger partial charge in [0.25, 0.3) is 5.91 Å². The number of primary amides is 1. The van der Waals surface area contributed by atoms with Gasteiger partial charge in [0.15, 0.2) is 0 Å². The lowest BCUT2D eigenvalue weighted by molar-refractivity contribution is 0.0996. The molecule has 0 aromatic carbocycles. The van der Waals surface area contributed by atoms with Crippen molar-refractivity contribution in [1.29, 1.82) is 0 Å². The second-order valence-corrected chi connectivity index (χ2v) is 3.58. The van der Waals surface area contributed by atoms with Crippen LogP contribution in [0.2, 0.25) is 0 Å². The molecule has 0 fully saturated rings. The number of ether oxygens (including phenoxy) is 1. The maximum atomic E-state index is 11.2. The summed E-state index contributed by atoms with van der Waals surface area (Å²) in [4.78, 5) is 15.2. The van der Waals surface area contributed by atoms with E-state index in [1.807, 2.05) is 6.07 Å². The highest BCUT2D eigenvalue weighted by atomic mass is 16.5. The Morgan fingerprint density at radius 1 is 1.61 bits per heavy atom. The highest BCUT2D eigenvalue weighted by Gasteiger charge is 2.11. The lowest BCUT2D eigenvalue weighted by atomic mass is 10.2. The van der Waals surface area contributed by atoms with E-state index in [2.05, 4.69) is 10.3 Å². The Kier molecular flexibility index (Phi) is 3.47. The third-order valence-corrected chi connectivity index (χ3v) is 2.36. The quantitative estimate of drug-likeness (QED) is 0.833. The van der Waals surface area contributed by atoms with Crippen LogP contribution in [0.15, 0.2) is 35.1 Å². The van der Waals surface area contributed by atoms with Gasteiger partial charge in [-0.15, -0.1) is 0 Å². The molecule has 0 aliphatic carbocycles. The molecule has 94 valence electrons. The molecule has 0 atom stereocenters. The molecule has 0 saturated carbocycles. The first-order chi connectivity index (χ1) is 8.70. The van der Waals surface area contributed by atoms with E-state index in [1.165, 1.54) is 7.11 Å². The van der Waals surface area contributed by atoms with E-state index in [1.54, 1.807) is 24.6 Å². The van der Waals surface area contributed by atoms with Crippen LogP contribution in [0.5, 0.6) is 5.88 Å². The molecule has 0 aliphatic rings. The fourth-order valence-electron chi connectivity index (χ4n) is 1.49. The molecule has 6 nitrogen and oxygen atoms in total. The monoisotopic (exact) mass is 247 g/mol. The minimum absolute atomic E-state index is 0.214. The lowest BCUT2D eigenvalue weighted by Crippen LogP contribution is -2.14. The fourth-order valence-corrected chi connectivity index (χ4v) is 1.49. The average Bonchev–Trinajstić information content (AvgIpc) is 2.89. The Bertz CT molecular complexity index is 538. The van der Waals surface area contributed by atoms with Crippen molar-refractivity contribution in [2.45, 2.75) is 6.54 Å². The number of pyridine rings is 1. The zero-order valence-corrected chi connectivity index (χ0v) is 9.84. The Morgan fingerprint density at radius 2 is 2.44 bits per heavy atom. The number of aromatic nitrogens is 1. The summed E-state index contributed by atoms with van der Waals surface area (Å²) in [6.07, 6.45) is 3.16. The van der Waals surface area contributed by atoms with Crippen LogP contribution in [0.3, 0.4) is 0 Å². The van der Waals surface area contributed by atoms with E-state index in [4.69, 9.17) is 14.9 Å². The molecule has 2 aromatic heterocycles. The molecular formula is C12H13N3O3. The zero-order valence-electron chi connectivity index (χ0n) is 9.84. The third kappa shape index (κ3) is 2.60. The highest BCUT2D eigenvalue weighted by molar-refractivity contribution is 5.95. The third-order valence-electron chi connectivity index (χ3n) is 2.36. The molecule has 0 spiro atoms. The fraction of sp³-hybridized carbons (Fsp3) is 0.167. The normalized spacial score (nSPS) is 10.1. The van der Waals surface area contributed by atoms with E-state index in [-0.39, 0.29) is 11.4 Å². The van der Waals surface area contributed by atoms with Crippen LogP contribution in [0.1, 0.15) is 16.1 Å². The molecule has 0 unspecified atom stereocenters. The number of hydrogen-bond donors (Lipinski definition) is 2. The Hall–Kier alpha value is -2.50. The van der Waals surface area contributed by atoms with Crippen molar-refractivity contribution < 1.29 is 13.9 Å². The van der Waals surface area contributed by atoms with Gasteiger partial charge in [-0.1, -0.05) is 0 Å². The van der Waals surface area contributed by atoms with Crippen molar-refractivity contribution in [1.82, 2.24) is 4.98 Å². The largest absolute Gasteiger partial charge is 0.480 e. The number of rotatable bonds is 5. The van der Waals surface area contributed by atoms with Gasteiger partial charge in [0.05, 0.1) is 31.8 Å². The second-order valence-electron chi connectivity index (χ2n) is 3.58. The molecule has 2 heterocycles. The van der Waals surface area contributed by atoms with Crippen molar-refractivity contribution in [2.24, 2.45) is 5.73 Å². The van der Waals surface area contributed by atoms with Crippen LogP contribution in [-0.4, -0.2) is 18.0 Å².